The largest absolute Gasteiger partial charge is 0.346 e. The molecule has 1 aliphatic rings. The first kappa shape index (κ1) is 11.0. The smallest absolute Gasteiger partial charge is 0.0758 e. The van der Waals surface area contributed by atoms with Gasteiger partial charge in [0.1, 0.15) is 0 Å². The zero-order chi connectivity index (χ0) is 10.5. The van der Waals surface area contributed by atoms with E-state index in [-0.39, 0.29) is 0 Å². The van der Waals surface area contributed by atoms with Gasteiger partial charge in [0.05, 0.1) is 13.1 Å². The average Bonchev–Trinajstić information content (AvgIpc) is 2.28. The minimum Gasteiger partial charge on any atom is -0.346 e. The molecular formula is C13H19ClN+. The van der Waals surface area contributed by atoms with Crippen LogP contribution in [0.4, 0.5) is 0 Å². The van der Waals surface area contributed by atoms with Crippen LogP contribution in [-0.2, 0) is 6.42 Å². The van der Waals surface area contributed by atoms with E-state index in [0.717, 1.165) is 10.9 Å². The van der Waals surface area contributed by atoms with Crippen molar-refractivity contribution in [3.8, 4) is 0 Å². The number of hydrogen-bond acceptors (Lipinski definition) is 0. The molecule has 2 rings (SSSR count). The van der Waals surface area contributed by atoms with Crippen LogP contribution in [0.15, 0.2) is 24.3 Å². The second-order valence-corrected chi connectivity index (χ2v) is 4.91. The van der Waals surface area contributed by atoms with Gasteiger partial charge in [-0.05, 0) is 49.3 Å². The van der Waals surface area contributed by atoms with Gasteiger partial charge in [-0.25, -0.2) is 0 Å². The summed E-state index contributed by atoms with van der Waals surface area (Å²) in [5.74, 6) is 0.939. The molecule has 1 heterocycles. The van der Waals surface area contributed by atoms with Gasteiger partial charge in [0, 0.05) is 5.02 Å². The van der Waals surface area contributed by atoms with Crippen LogP contribution in [0.2, 0.25) is 5.02 Å². The van der Waals surface area contributed by atoms with Crippen LogP contribution in [-0.4, -0.2) is 13.1 Å². The third-order valence-electron chi connectivity index (χ3n) is 3.29. The van der Waals surface area contributed by atoms with E-state index in [4.69, 9.17) is 11.6 Å². The Hall–Kier alpha value is -0.530. The summed E-state index contributed by atoms with van der Waals surface area (Å²) in [7, 11) is 0. The van der Waals surface area contributed by atoms with Gasteiger partial charge in [-0.3, -0.25) is 0 Å². The van der Waals surface area contributed by atoms with Gasteiger partial charge < -0.3 is 5.32 Å². The van der Waals surface area contributed by atoms with E-state index in [1.807, 2.05) is 12.1 Å². The molecule has 1 aliphatic heterocycles. The van der Waals surface area contributed by atoms with Crippen LogP contribution in [0.5, 0.6) is 0 Å². The van der Waals surface area contributed by atoms with Crippen LogP contribution in [0.25, 0.3) is 0 Å². The Bertz CT molecular complexity index is 305. The summed E-state index contributed by atoms with van der Waals surface area (Å²) in [6.45, 7) is 2.64. The Kier molecular flexibility index (Phi) is 4.04. The lowest BCUT2D eigenvalue weighted by Crippen LogP contribution is -2.86. The maximum atomic E-state index is 5.96. The molecule has 1 aromatic carbocycles. The molecule has 0 aliphatic carbocycles. The van der Waals surface area contributed by atoms with Gasteiger partial charge in [-0.2, -0.15) is 0 Å². The topological polar surface area (TPSA) is 16.6 Å². The first-order valence-corrected chi connectivity index (χ1v) is 6.28. The molecule has 0 saturated carbocycles. The number of piperidine rings is 1. The third-order valence-corrected chi connectivity index (χ3v) is 3.52. The molecule has 1 aromatic rings. The fourth-order valence-electron chi connectivity index (χ4n) is 2.35. The first-order valence-electron chi connectivity index (χ1n) is 5.91. The summed E-state index contributed by atoms with van der Waals surface area (Å²) >= 11 is 5.96. The molecule has 82 valence electrons. The van der Waals surface area contributed by atoms with Gasteiger partial charge >= 0.3 is 0 Å². The quantitative estimate of drug-likeness (QED) is 0.811. The minimum atomic E-state index is 0.865. The Morgan fingerprint density at radius 1 is 1.27 bits per heavy atom. The number of nitrogens with two attached hydrogens (primary N) is 1. The SMILES string of the molecule is Clc1cccc(CCC2CC[NH2+]CC2)c1. The number of halogens is 1. The second kappa shape index (κ2) is 5.53. The van der Waals surface area contributed by atoms with E-state index in [1.165, 1.54) is 44.3 Å². The van der Waals surface area contributed by atoms with Crippen LogP contribution in [0, 0.1) is 5.92 Å². The molecule has 0 aromatic heterocycles. The Labute approximate surface area is 96.8 Å². The molecule has 0 radical (unpaired) electrons. The average molecular weight is 225 g/mol. The Morgan fingerprint density at radius 2 is 2.07 bits per heavy atom. The second-order valence-electron chi connectivity index (χ2n) is 4.48. The monoisotopic (exact) mass is 224 g/mol. The Balaban J connectivity index is 1.81. The fourth-order valence-corrected chi connectivity index (χ4v) is 2.56. The molecule has 2 heteroatoms. The summed E-state index contributed by atoms with van der Waals surface area (Å²) in [4.78, 5) is 0. The molecule has 1 saturated heterocycles. The fraction of sp³-hybridized carbons (Fsp3) is 0.538. The molecule has 1 nitrogen and oxygen atoms in total. The predicted molar refractivity (Wildman–Crippen MR) is 64.2 cm³/mol. The summed E-state index contributed by atoms with van der Waals surface area (Å²) in [5.41, 5.74) is 1.39. The lowest BCUT2D eigenvalue weighted by atomic mass is 9.91. The van der Waals surface area contributed by atoms with E-state index in [2.05, 4.69) is 17.4 Å². The highest BCUT2D eigenvalue weighted by molar-refractivity contribution is 6.30. The van der Waals surface area contributed by atoms with Crippen molar-refractivity contribution < 1.29 is 5.32 Å². The number of aryl methyl sites for hydroxylation is 1. The molecular weight excluding hydrogens is 206 g/mol. The molecule has 15 heavy (non-hydrogen) atoms. The highest BCUT2D eigenvalue weighted by Gasteiger charge is 2.14. The zero-order valence-corrected chi connectivity index (χ0v) is 9.84. The summed E-state index contributed by atoms with van der Waals surface area (Å²) in [6, 6.07) is 8.27. The first-order chi connectivity index (χ1) is 7.34. The van der Waals surface area contributed by atoms with E-state index in [0.29, 0.717) is 0 Å². The molecule has 0 bridgehead atoms. The van der Waals surface area contributed by atoms with Crippen LogP contribution >= 0.6 is 11.6 Å². The third kappa shape index (κ3) is 3.51. The molecule has 0 spiro atoms. The lowest BCUT2D eigenvalue weighted by Gasteiger charge is -2.20. The predicted octanol–water partition coefficient (Wildman–Crippen LogP) is 2.25. The van der Waals surface area contributed by atoms with Crippen molar-refractivity contribution in [1.82, 2.24) is 0 Å². The van der Waals surface area contributed by atoms with E-state index >= 15 is 0 Å². The van der Waals surface area contributed by atoms with Crippen molar-refractivity contribution in [3.05, 3.63) is 34.9 Å². The van der Waals surface area contributed by atoms with Gasteiger partial charge in [0.2, 0.25) is 0 Å². The minimum absolute atomic E-state index is 0.865. The zero-order valence-electron chi connectivity index (χ0n) is 9.08. The molecule has 0 amide bonds. The maximum Gasteiger partial charge on any atom is 0.0758 e. The number of quaternary nitrogens is 1. The summed E-state index contributed by atoms with van der Waals surface area (Å²) < 4.78 is 0. The normalized spacial score (nSPS) is 17.9. The number of rotatable bonds is 3. The number of hydrogen-bond donors (Lipinski definition) is 1. The highest BCUT2D eigenvalue weighted by atomic mass is 35.5. The lowest BCUT2D eigenvalue weighted by molar-refractivity contribution is -0.664. The van der Waals surface area contributed by atoms with E-state index < -0.39 is 0 Å². The van der Waals surface area contributed by atoms with Crippen LogP contribution < -0.4 is 5.32 Å². The van der Waals surface area contributed by atoms with Crippen molar-refractivity contribution in [2.24, 2.45) is 5.92 Å². The van der Waals surface area contributed by atoms with Crippen molar-refractivity contribution in [3.63, 3.8) is 0 Å². The maximum absolute atomic E-state index is 5.96. The molecule has 1 fully saturated rings. The standard InChI is InChI=1S/C13H18ClN/c14-13-3-1-2-12(10-13)5-4-11-6-8-15-9-7-11/h1-3,10-11,15H,4-9H2/p+1. The summed E-state index contributed by atoms with van der Waals surface area (Å²) in [6.07, 6.45) is 5.29. The van der Waals surface area contributed by atoms with Gasteiger partial charge in [-0.15, -0.1) is 0 Å². The highest BCUT2D eigenvalue weighted by Crippen LogP contribution is 2.18. The van der Waals surface area contributed by atoms with Crippen LogP contribution in [0.1, 0.15) is 24.8 Å². The Morgan fingerprint density at radius 3 is 2.80 bits per heavy atom. The number of benzene rings is 1. The van der Waals surface area contributed by atoms with Gasteiger partial charge in [-0.1, -0.05) is 23.7 Å². The van der Waals surface area contributed by atoms with Crippen molar-refractivity contribution in [2.75, 3.05) is 13.1 Å². The summed E-state index contributed by atoms with van der Waals surface area (Å²) in [5, 5.41) is 3.29. The van der Waals surface area contributed by atoms with E-state index in [1.54, 1.807) is 0 Å². The molecule has 0 atom stereocenters. The van der Waals surface area contributed by atoms with E-state index in [9.17, 15) is 0 Å². The van der Waals surface area contributed by atoms with Gasteiger partial charge in [0.15, 0.2) is 0 Å². The van der Waals surface area contributed by atoms with Crippen molar-refractivity contribution in [2.45, 2.75) is 25.7 Å². The van der Waals surface area contributed by atoms with Crippen molar-refractivity contribution in [1.29, 1.82) is 0 Å². The van der Waals surface area contributed by atoms with Crippen molar-refractivity contribution >= 4 is 11.6 Å². The van der Waals surface area contributed by atoms with Gasteiger partial charge in [0.25, 0.3) is 0 Å². The molecule has 2 N–H and O–H groups in total. The van der Waals surface area contributed by atoms with Crippen LogP contribution in [0.3, 0.4) is 0 Å². The molecule has 0 unspecified atom stereocenters.